The third-order valence-electron chi connectivity index (χ3n) is 5.34. The van der Waals surface area contributed by atoms with Gasteiger partial charge in [0, 0.05) is 0 Å². The first-order chi connectivity index (χ1) is 13.5. The molecule has 2 atom stereocenters. The lowest BCUT2D eigenvalue weighted by Gasteiger charge is -2.18. The van der Waals surface area contributed by atoms with E-state index in [0.29, 0.717) is 24.3 Å². The van der Waals surface area contributed by atoms with Crippen molar-refractivity contribution in [3.63, 3.8) is 0 Å². The Morgan fingerprint density at radius 3 is 2.39 bits per heavy atom. The Bertz CT molecular complexity index is 946. The van der Waals surface area contributed by atoms with E-state index >= 15 is 0 Å². The zero-order valence-electron chi connectivity index (χ0n) is 15.6. The highest BCUT2D eigenvalue weighted by molar-refractivity contribution is 6.22. The van der Waals surface area contributed by atoms with Crippen LogP contribution in [0.3, 0.4) is 0 Å². The topological polar surface area (TPSA) is 63.7 Å². The van der Waals surface area contributed by atoms with Gasteiger partial charge in [0.1, 0.15) is 5.75 Å². The summed E-state index contributed by atoms with van der Waals surface area (Å²) in [6, 6.07) is 15.9. The zero-order chi connectivity index (χ0) is 19.7. The zero-order valence-corrected chi connectivity index (χ0v) is 15.6. The number of carbonyl (C=O) groups is 3. The van der Waals surface area contributed by atoms with Crippen molar-refractivity contribution < 1.29 is 19.1 Å². The number of fused-ring (bicyclic) bond motifs is 1. The highest BCUT2D eigenvalue weighted by Gasteiger charge is 2.48. The highest BCUT2D eigenvalue weighted by atomic mass is 16.5. The van der Waals surface area contributed by atoms with E-state index in [1.165, 1.54) is 4.90 Å². The van der Waals surface area contributed by atoms with Crippen LogP contribution in [0, 0.1) is 11.8 Å². The number of nitrogens with zero attached hydrogens (tertiary/aromatic N) is 1. The molecule has 2 aromatic carbocycles. The summed E-state index contributed by atoms with van der Waals surface area (Å²) in [7, 11) is 0. The van der Waals surface area contributed by atoms with E-state index in [9.17, 15) is 14.4 Å². The van der Waals surface area contributed by atoms with Gasteiger partial charge in [-0.15, -0.1) is 0 Å². The van der Waals surface area contributed by atoms with Crippen molar-refractivity contribution in [2.45, 2.75) is 26.2 Å². The van der Waals surface area contributed by atoms with Crippen molar-refractivity contribution in [3.8, 4) is 5.75 Å². The molecule has 0 saturated carbocycles. The third kappa shape index (κ3) is 3.48. The molecule has 1 fully saturated rings. The molecule has 5 heteroatoms. The number of esters is 1. The van der Waals surface area contributed by atoms with Crippen molar-refractivity contribution >= 4 is 23.5 Å². The van der Waals surface area contributed by atoms with E-state index in [2.05, 4.69) is 0 Å². The Labute approximate surface area is 163 Å². The molecule has 0 bridgehead atoms. The Balaban J connectivity index is 1.44. The lowest BCUT2D eigenvalue weighted by molar-refractivity contribution is -0.133. The fourth-order valence-corrected chi connectivity index (χ4v) is 3.89. The minimum Gasteiger partial charge on any atom is -0.426 e. The summed E-state index contributed by atoms with van der Waals surface area (Å²) < 4.78 is 5.36. The summed E-state index contributed by atoms with van der Waals surface area (Å²) in [6.45, 7) is 2.00. The number of amides is 2. The summed E-state index contributed by atoms with van der Waals surface area (Å²) >= 11 is 0. The minimum atomic E-state index is -0.361. The standard InChI is InChI=1S/C23H21NO4/c1-15-7-12-19-20(13-15)23(27)24(22(19)26)17-8-10-18(11-9-17)28-21(25)14-16-5-3-2-4-6-16/h2-11,19-20H,12-14H2,1H3/t19-,20+/m1/s1. The predicted octanol–water partition coefficient (Wildman–Crippen LogP) is 3.68. The van der Waals surface area contributed by atoms with Gasteiger partial charge >= 0.3 is 5.97 Å². The molecule has 1 aliphatic heterocycles. The van der Waals surface area contributed by atoms with Gasteiger partial charge in [0.25, 0.3) is 0 Å². The second-order valence-corrected chi connectivity index (χ2v) is 7.35. The number of rotatable bonds is 4. The van der Waals surface area contributed by atoms with Crippen molar-refractivity contribution in [3.05, 3.63) is 71.8 Å². The molecular formula is C23H21NO4. The SMILES string of the molecule is CC1=CC[C@H]2C(=O)N(c3ccc(OC(=O)Cc4ccccc4)cc3)C(=O)[C@H]2C1. The maximum absolute atomic E-state index is 12.8. The van der Waals surface area contributed by atoms with Gasteiger partial charge in [-0.1, -0.05) is 42.0 Å². The van der Waals surface area contributed by atoms with Gasteiger partial charge in [-0.25, -0.2) is 0 Å². The molecule has 2 aliphatic rings. The monoisotopic (exact) mass is 375 g/mol. The van der Waals surface area contributed by atoms with Crippen LogP contribution in [0.15, 0.2) is 66.2 Å². The van der Waals surface area contributed by atoms with Crippen LogP contribution in [0.2, 0.25) is 0 Å². The minimum absolute atomic E-state index is 0.142. The molecule has 0 aromatic heterocycles. The van der Waals surface area contributed by atoms with Crippen molar-refractivity contribution in [2.24, 2.45) is 11.8 Å². The lowest BCUT2D eigenvalue weighted by Crippen LogP contribution is -2.30. The van der Waals surface area contributed by atoms with Gasteiger partial charge in [-0.05, 0) is 49.6 Å². The van der Waals surface area contributed by atoms with Crippen LogP contribution in [-0.2, 0) is 20.8 Å². The average molecular weight is 375 g/mol. The Hall–Kier alpha value is -3.21. The van der Waals surface area contributed by atoms with E-state index in [1.807, 2.05) is 43.3 Å². The van der Waals surface area contributed by atoms with Crippen molar-refractivity contribution in [1.82, 2.24) is 0 Å². The molecule has 0 spiro atoms. The van der Waals surface area contributed by atoms with Crippen LogP contribution >= 0.6 is 0 Å². The van der Waals surface area contributed by atoms with E-state index < -0.39 is 0 Å². The number of anilines is 1. The number of benzene rings is 2. The van der Waals surface area contributed by atoms with Crippen molar-refractivity contribution in [1.29, 1.82) is 0 Å². The Morgan fingerprint density at radius 2 is 1.68 bits per heavy atom. The van der Waals surface area contributed by atoms with Gasteiger partial charge in [0.05, 0.1) is 23.9 Å². The van der Waals surface area contributed by atoms with Gasteiger partial charge in [-0.2, -0.15) is 0 Å². The third-order valence-corrected chi connectivity index (χ3v) is 5.34. The molecule has 1 aliphatic carbocycles. The predicted molar refractivity (Wildman–Crippen MR) is 105 cm³/mol. The Kier molecular flexibility index (Phi) is 4.82. The number of ether oxygens (including phenoxy) is 1. The van der Waals surface area contributed by atoms with Crippen molar-refractivity contribution in [2.75, 3.05) is 4.90 Å². The van der Waals surface area contributed by atoms with Crippen LogP contribution in [0.1, 0.15) is 25.3 Å². The average Bonchev–Trinajstić information content (AvgIpc) is 2.93. The lowest BCUT2D eigenvalue weighted by atomic mass is 9.82. The van der Waals surface area contributed by atoms with E-state index in [0.717, 1.165) is 11.1 Å². The van der Waals surface area contributed by atoms with Crippen LogP contribution in [0.25, 0.3) is 0 Å². The summed E-state index contributed by atoms with van der Waals surface area (Å²) in [5.41, 5.74) is 2.55. The number of allylic oxidation sites excluding steroid dienone is 2. The Morgan fingerprint density at radius 1 is 1.00 bits per heavy atom. The molecule has 28 heavy (non-hydrogen) atoms. The number of imide groups is 1. The second-order valence-electron chi connectivity index (χ2n) is 7.35. The van der Waals surface area contributed by atoms with Crippen LogP contribution in [-0.4, -0.2) is 17.8 Å². The first-order valence-corrected chi connectivity index (χ1v) is 9.41. The molecule has 4 rings (SSSR count). The molecule has 1 saturated heterocycles. The summed E-state index contributed by atoms with van der Waals surface area (Å²) in [6.07, 6.45) is 3.49. The summed E-state index contributed by atoms with van der Waals surface area (Å²) in [5, 5.41) is 0. The fraction of sp³-hybridized carbons (Fsp3) is 0.261. The molecule has 0 radical (unpaired) electrons. The molecular weight excluding hydrogens is 354 g/mol. The molecule has 5 nitrogen and oxygen atoms in total. The highest BCUT2D eigenvalue weighted by Crippen LogP contribution is 2.39. The second kappa shape index (κ2) is 7.43. The smallest absolute Gasteiger partial charge is 0.315 e. The molecule has 2 aromatic rings. The molecule has 0 unspecified atom stereocenters. The van der Waals surface area contributed by atoms with E-state index in [4.69, 9.17) is 4.74 Å². The fourth-order valence-electron chi connectivity index (χ4n) is 3.89. The molecule has 2 amide bonds. The normalized spacial score (nSPS) is 21.3. The number of carbonyl (C=O) groups excluding carboxylic acids is 3. The molecule has 0 N–H and O–H groups in total. The van der Waals surface area contributed by atoms with Gasteiger partial charge < -0.3 is 4.74 Å². The largest absolute Gasteiger partial charge is 0.426 e. The number of hydrogen-bond donors (Lipinski definition) is 0. The van der Waals surface area contributed by atoms with E-state index in [-0.39, 0.29) is 36.0 Å². The van der Waals surface area contributed by atoms with Gasteiger partial charge in [0.2, 0.25) is 11.8 Å². The maximum Gasteiger partial charge on any atom is 0.315 e. The van der Waals surface area contributed by atoms with Gasteiger partial charge in [0.15, 0.2) is 0 Å². The van der Waals surface area contributed by atoms with Crippen LogP contribution < -0.4 is 9.64 Å². The van der Waals surface area contributed by atoms with Crippen LogP contribution in [0.5, 0.6) is 5.75 Å². The van der Waals surface area contributed by atoms with E-state index in [1.54, 1.807) is 24.3 Å². The molecule has 142 valence electrons. The first kappa shape index (κ1) is 18.2. The quantitative estimate of drug-likeness (QED) is 0.354. The summed E-state index contributed by atoms with van der Waals surface area (Å²) in [5.74, 6) is -0.789. The number of hydrogen-bond acceptors (Lipinski definition) is 4. The maximum atomic E-state index is 12.8. The first-order valence-electron chi connectivity index (χ1n) is 9.41. The summed E-state index contributed by atoms with van der Waals surface area (Å²) in [4.78, 5) is 38.8. The van der Waals surface area contributed by atoms with Gasteiger partial charge in [-0.3, -0.25) is 19.3 Å². The molecule has 1 heterocycles. The van der Waals surface area contributed by atoms with Crippen LogP contribution in [0.4, 0.5) is 5.69 Å².